The maximum Gasteiger partial charge on any atom is 0.247 e. The van der Waals surface area contributed by atoms with Gasteiger partial charge in [0.2, 0.25) is 17.7 Å². The third-order valence-electron chi connectivity index (χ3n) is 8.45. The van der Waals surface area contributed by atoms with E-state index in [0.717, 1.165) is 40.8 Å². The van der Waals surface area contributed by atoms with Crippen molar-refractivity contribution >= 4 is 28.8 Å². The van der Waals surface area contributed by atoms with E-state index in [1.807, 2.05) is 56.0 Å². The summed E-state index contributed by atoms with van der Waals surface area (Å²) in [5, 5.41) is 6.03. The van der Waals surface area contributed by atoms with E-state index in [1.54, 1.807) is 11.9 Å². The smallest absolute Gasteiger partial charge is 0.247 e. The third-order valence-corrected chi connectivity index (χ3v) is 8.45. The number of benzene rings is 2. The first-order valence-electron chi connectivity index (χ1n) is 14.9. The fourth-order valence-electron chi connectivity index (χ4n) is 6.31. The molecule has 9 heteroatoms. The number of aromatic nitrogens is 2. The second-order valence-electron chi connectivity index (χ2n) is 11.7. The Bertz CT molecular complexity index is 1380. The Balaban J connectivity index is 1.47. The number of hydrogen-bond donors (Lipinski definition) is 3. The van der Waals surface area contributed by atoms with Gasteiger partial charge in [-0.05, 0) is 50.3 Å². The Kier molecular flexibility index (Phi) is 8.73. The average molecular weight is 559 g/mol. The summed E-state index contributed by atoms with van der Waals surface area (Å²) in [5.41, 5.74) is 3.94. The first kappa shape index (κ1) is 28.8. The van der Waals surface area contributed by atoms with Crippen molar-refractivity contribution in [2.24, 2.45) is 5.92 Å². The zero-order valence-electron chi connectivity index (χ0n) is 24.5. The SMILES string of the molecule is CC[C@H](NC)C(=O)N[C@H]1CN(C(=O)CC(C)C)CC[C@H]2CC[C@@H](c3nc4c(-c5ccccc5)cccc4[nH]3)N2C1=O. The number of hydrogen-bond acceptors (Lipinski definition) is 5. The lowest BCUT2D eigenvalue weighted by Crippen LogP contribution is -2.60. The molecule has 0 bridgehead atoms. The lowest BCUT2D eigenvalue weighted by atomic mass is 10.0. The number of carbonyl (C=O) groups is 3. The van der Waals surface area contributed by atoms with Crippen molar-refractivity contribution in [1.29, 1.82) is 0 Å². The van der Waals surface area contributed by atoms with Crippen molar-refractivity contribution < 1.29 is 14.4 Å². The Morgan fingerprint density at radius 1 is 1.07 bits per heavy atom. The van der Waals surface area contributed by atoms with Crippen molar-refractivity contribution in [3.8, 4) is 11.1 Å². The van der Waals surface area contributed by atoms with Crippen molar-refractivity contribution in [1.82, 2.24) is 30.4 Å². The molecule has 5 rings (SSSR count). The zero-order valence-corrected chi connectivity index (χ0v) is 24.5. The van der Waals surface area contributed by atoms with Crippen LogP contribution in [0, 0.1) is 5.92 Å². The number of imidazole rings is 1. The zero-order chi connectivity index (χ0) is 29.1. The normalized spacial score (nSPS) is 22.0. The van der Waals surface area contributed by atoms with Gasteiger partial charge in [0.15, 0.2) is 0 Å². The summed E-state index contributed by atoms with van der Waals surface area (Å²) in [6, 6.07) is 14.8. The highest BCUT2D eigenvalue weighted by Gasteiger charge is 2.44. The van der Waals surface area contributed by atoms with Gasteiger partial charge in [0.1, 0.15) is 11.9 Å². The molecule has 41 heavy (non-hydrogen) atoms. The number of fused-ring (bicyclic) bond motifs is 2. The second-order valence-corrected chi connectivity index (χ2v) is 11.7. The molecular formula is C32H42N6O3. The van der Waals surface area contributed by atoms with Gasteiger partial charge in [-0.2, -0.15) is 0 Å². The van der Waals surface area contributed by atoms with Gasteiger partial charge in [-0.1, -0.05) is 63.2 Å². The van der Waals surface area contributed by atoms with Crippen LogP contribution in [0.5, 0.6) is 0 Å². The van der Waals surface area contributed by atoms with E-state index in [9.17, 15) is 14.4 Å². The van der Waals surface area contributed by atoms with Crippen LogP contribution in [0.3, 0.4) is 0 Å². The summed E-state index contributed by atoms with van der Waals surface area (Å²) < 4.78 is 0. The van der Waals surface area contributed by atoms with E-state index >= 15 is 0 Å². The van der Waals surface area contributed by atoms with Crippen LogP contribution in [0.4, 0.5) is 0 Å². The number of nitrogens with zero attached hydrogens (tertiary/aromatic N) is 3. The van der Waals surface area contributed by atoms with Gasteiger partial charge in [0.25, 0.3) is 0 Å². The quantitative estimate of drug-likeness (QED) is 0.387. The monoisotopic (exact) mass is 558 g/mol. The molecule has 2 saturated heterocycles. The molecule has 1 aromatic heterocycles. The van der Waals surface area contributed by atoms with E-state index in [-0.39, 0.29) is 42.3 Å². The predicted molar refractivity (Wildman–Crippen MR) is 160 cm³/mol. The van der Waals surface area contributed by atoms with Crippen molar-refractivity contribution in [3.63, 3.8) is 0 Å². The molecular weight excluding hydrogens is 516 g/mol. The number of likely N-dealkylation sites (N-methyl/N-ethyl adjacent to an activating group) is 1. The van der Waals surface area contributed by atoms with E-state index in [4.69, 9.17) is 4.98 Å². The molecule has 2 aliphatic heterocycles. The Hall–Kier alpha value is -3.72. The Morgan fingerprint density at radius 3 is 2.56 bits per heavy atom. The van der Waals surface area contributed by atoms with Crippen LogP contribution >= 0.6 is 0 Å². The average Bonchev–Trinajstić information content (AvgIpc) is 3.58. The van der Waals surface area contributed by atoms with E-state index in [0.29, 0.717) is 25.8 Å². The number of aromatic amines is 1. The van der Waals surface area contributed by atoms with E-state index < -0.39 is 12.1 Å². The van der Waals surface area contributed by atoms with E-state index in [1.165, 1.54) is 0 Å². The minimum atomic E-state index is -0.825. The van der Waals surface area contributed by atoms with Gasteiger partial charge < -0.3 is 25.4 Å². The van der Waals surface area contributed by atoms with Crippen LogP contribution in [0.1, 0.15) is 64.7 Å². The van der Waals surface area contributed by atoms with Crippen LogP contribution in [0.25, 0.3) is 22.2 Å². The van der Waals surface area contributed by atoms with Crippen LogP contribution in [-0.2, 0) is 14.4 Å². The molecule has 2 aliphatic rings. The van der Waals surface area contributed by atoms with Crippen molar-refractivity contribution in [2.45, 2.75) is 77.0 Å². The van der Waals surface area contributed by atoms with E-state index in [2.05, 4.69) is 33.8 Å². The van der Waals surface area contributed by atoms with Crippen molar-refractivity contribution in [3.05, 3.63) is 54.4 Å². The largest absolute Gasteiger partial charge is 0.341 e. The third kappa shape index (κ3) is 6.00. The highest BCUT2D eigenvalue weighted by atomic mass is 16.2. The maximum atomic E-state index is 14.3. The van der Waals surface area contributed by atoms with Crippen LogP contribution in [0.15, 0.2) is 48.5 Å². The maximum absolute atomic E-state index is 14.3. The van der Waals surface area contributed by atoms with Gasteiger partial charge in [-0.15, -0.1) is 0 Å². The molecule has 3 aromatic rings. The molecule has 0 spiro atoms. The number of nitrogens with one attached hydrogen (secondary N) is 3. The molecule has 0 unspecified atom stereocenters. The molecule has 4 atom stereocenters. The minimum Gasteiger partial charge on any atom is -0.341 e. The number of H-pyrrole nitrogens is 1. The fraction of sp³-hybridized carbons (Fsp3) is 0.500. The fourth-order valence-corrected chi connectivity index (χ4v) is 6.31. The standard InChI is InChI=1S/C32H42N6O3/c1-5-24(33-4)31(40)35-26-19-37(28(39)18-20(2)3)17-16-22-14-15-27(38(22)32(26)41)30-34-25-13-9-12-23(29(25)36-30)21-10-7-6-8-11-21/h6-13,20,22,24,26-27,33H,5,14-19H2,1-4H3,(H,34,36)(H,35,40)/t22-,24+,26+,27+/m1/s1. The predicted octanol–water partition coefficient (Wildman–Crippen LogP) is 4.02. The number of carbonyl (C=O) groups excluding carboxylic acids is 3. The van der Waals surface area contributed by atoms with Gasteiger partial charge in [0.05, 0.1) is 23.1 Å². The molecule has 3 N–H and O–H groups in total. The van der Waals surface area contributed by atoms with Gasteiger partial charge in [-0.25, -0.2) is 4.98 Å². The van der Waals surface area contributed by atoms with Gasteiger partial charge in [0, 0.05) is 31.1 Å². The lowest BCUT2D eigenvalue weighted by Gasteiger charge is -2.39. The molecule has 2 aromatic carbocycles. The molecule has 0 aliphatic carbocycles. The summed E-state index contributed by atoms with van der Waals surface area (Å²) in [7, 11) is 1.74. The molecule has 3 heterocycles. The van der Waals surface area contributed by atoms with Gasteiger partial charge >= 0.3 is 0 Å². The second kappa shape index (κ2) is 12.4. The van der Waals surface area contributed by atoms with Gasteiger partial charge in [-0.3, -0.25) is 14.4 Å². The lowest BCUT2D eigenvalue weighted by molar-refractivity contribution is -0.144. The number of rotatable bonds is 8. The summed E-state index contributed by atoms with van der Waals surface area (Å²) in [4.78, 5) is 52.9. The molecule has 0 saturated carbocycles. The Labute approximate surface area is 242 Å². The number of amides is 3. The van der Waals surface area contributed by atoms with Crippen LogP contribution in [0.2, 0.25) is 0 Å². The molecule has 3 amide bonds. The summed E-state index contributed by atoms with van der Waals surface area (Å²) in [6.45, 7) is 6.69. The minimum absolute atomic E-state index is 0.0291. The topological polar surface area (TPSA) is 110 Å². The highest BCUT2D eigenvalue weighted by molar-refractivity contribution is 5.93. The van der Waals surface area contributed by atoms with Crippen LogP contribution < -0.4 is 10.6 Å². The molecule has 2 fully saturated rings. The first-order chi connectivity index (χ1) is 19.8. The summed E-state index contributed by atoms with van der Waals surface area (Å²) in [5.74, 6) is 0.628. The first-order valence-corrected chi connectivity index (χ1v) is 14.9. The Morgan fingerprint density at radius 2 is 1.85 bits per heavy atom. The molecule has 0 radical (unpaired) electrons. The summed E-state index contributed by atoms with van der Waals surface area (Å²) >= 11 is 0. The summed E-state index contributed by atoms with van der Waals surface area (Å²) in [6.07, 6.45) is 3.31. The molecule has 9 nitrogen and oxygen atoms in total. The van der Waals surface area contributed by atoms with Crippen molar-refractivity contribution in [2.75, 3.05) is 20.1 Å². The molecule has 218 valence electrons. The number of para-hydroxylation sites is 1. The van der Waals surface area contributed by atoms with Crippen LogP contribution in [-0.4, -0.2) is 75.8 Å². The highest BCUT2D eigenvalue weighted by Crippen LogP contribution is 2.39.